The standard InChI is InChI=1S/C23H34N6O3.HI/c1-3-24-23(27-16-15-25-22(30)18-8-9-18)26-14-6-4-5-7-20-28-21(29-32-20)17-10-12-19(31-2)13-11-17;/h10-13,18H,3-9,14-16H2,1-2H3,(H,25,30)(H2,24,26,27);1H. The topological polar surface area (TPSA) is 114 Å². The molecule has 1 fully saturated rings. The number of carbonyl (C=O) groups excluding carboxylic acids is 1. The van der Waals surface area contributed by atoms with Gasteiger partial charge < -0.3 is 25.2 Å². The molecule has 0 radical (unpaired) electrons. The minimum absolute atomic E-state index is 0. The maximum atomic E-state index is 11.6. The SMILES string of the molecule is CCNC(=NCCCCCc1nc(-c2ccc(OC)cc2)no1)NCCNC(=O)C1CC1.I. The third-order valence-electron chi connectivity index (χ3n) is 5.14. The molecular weight excluding hydrogens is 535 g/mol. The Hall–Kier alpha value is -2.37. The van der Waals surface area contributed by atoms with Gasteiger partial charge in [0.15, 0.2) is 5.96 Å². The maximum absolute atomic E-state index is 11.6. The van der Waals surface area contributed by atoms with Crippen molar-refractivity contribution in [2.75, 3.05) is 33.3 Å². The summed E-state index contributed by atoms with van der Waals surface area (Å²) in [7, 11) is 1.64. The quantitative estimate of drug-likeness (QED) is 0.147. The average Bonchev–Trinajstić information content (AvgIpc) is 3.57. The number of hydrogen-bond donors (Lipinski definition) is 3. The molecule has 182 valence electrons. The van der Waals surface area contributed by atoms with E-state index in [0.717, 1.165) is 68.9 Å². The van der Waals surface area contributed by atoms with Gasteiger partial charge in [-0.1, -0.05) is 11.6 Å². The molecule has 3 rings (SSSR count). The minimum Gasteiger partial charge on any atom is -0.497 e. The van der Waals surface area contributed by atoms with Crippen LogP contribution < -0.4 is 20.7 Å². The van der Waals surface area contributed by atoms with Crippen LogP contribution in [0.3, 0.4) is 0 Å². The lowest BCUT2D eigenvalue weighted by atomic mass is 10.2. The first-order chi connectivity index (χ1) is 15.7. The lowest BCUT2D eigenvalue weighted by Crippen LogP contribution is -2.41. The van der Waals surface area contributed by atoms with E-state index in [1.807, 2.05) is 31.2 Å². The summed E-state index contributed by atoms with van der Waals surface area (Å²) in [5.74, 6) is 3.26. The number of aromatic nitrogens is 2. The van der Waals surface area contributed by atoms with Crippen LogP contribution in [0.25, 0.3) is 11.4 Å². The molecule has 0 bridgehead atoms. The molecule has 1 aromatic carbocycles. The molecule has 1 saturated carbocycles. The van der Waals surface area contributed by atoms with Crippen molar-refractivity contribution in [2.45, 2.75) is 45.4 Å². The minimum atomic E-state index is 0. The smallest absolute Gasteiger partial charge is 0.226 e. The predicted octanol–water partition coefficient (Wildman–Crippen LogP) is 3.16. The van der Waals surface area contributed by atoms with E-state index in [9.17, 15) is 4.79 Å². The monoisotopic (exact) mass is 570 g/mol. The highest BCUT2D eigenvalue weighted by Gasteiger charge is 2.28. The first-order valence-corrected chi connectivity index (χ1v) is 11.5. The van der Waals surface area contributed by atoms with Gasteiger partial charge >= 0.3 is 0 Å². The van der Waals surface area contributed by atoms with Crippen molar-refractivity contribution in [1.29, 1.82) is 0 Å². The van der Waals surface area contributed by atoms with Crippen LogP contribution in [-0.2, 0) is 11.2 Å². The summed E-state index contributed by atoms with van der Waals surface area (Å²) in [4.78, 5) is 20.7. The molecule has 0 spiro atoms. The predicted molar refractivity (Wildman–Crippen MR) is 139 cm³/mol. The lowest BCUT2D eigenvalue weighted by molar-refractivity contribution is -0.122. The van der Waals surface area contributed by atoms with Gasteiger partial charge in [-0.05, 0) is 56.9 Å². The first-order valence-electron chi connectivity index (χ1n) is 11.5. The molecule has 1 aliphatic rings. The number of aliphatic imine (C=N–C) groups is 1. The van der Waals surface area contributed by atoms with Gasteiger partial charge in [-0.25, -0.2) is 0 Å². The Kier molecular flexibility index (Phi) is 12.0. The van der Waals surface area contributed by atoms with Crippen molar-refractivity contribution >= 4 is 35.8 Å². The number of halogens is 1. The molecule has 1 aliphatic carbocycles. The summed E-state index contributed by atoms with van der Waals surface area (Å²) >= 11 is 0. The van der Waals surface area contributed by atoms with Crippen LogP contribution in [0.4, 0.5) is 0 Å². The Balaban J connectivity index is 0.00000385. The van der Waals surface area contributed by atoms with Gasteiger partial charge in [0.05, 0.1) is 7.11 Å². The van der Waals surface area contributed by atoms with Crippen molar-refractivity contribution in [3.8, 4) is 17.1 Å². The molecule has 0 atom stereocenters. The number of ether oxygens (including phenoxy) is 1. The Morgan fingerprint density at radius 2 is 1.88 bits per heavy atom. The molecule has 9 nitrogen and oxygen atoms in total. The summed E-state index contributed by atoms with van der Waals surface area (Å²) in [6.45, 7) is 4.86. The molecule has 33 heavy (non-hydrogen) atoms. The van der Waals surface area contributed by atoms with E-state index in [1.54, 1.807) is 7.11 Å². The number of amides is 1. The largest absolute Gasteiger partial charge is 0.497 e. The number of rotatable bonds is 13. The number of aryl methyl sites for hydroxylation is 1. The van der Waals surface area contributed by atoms with Gasteiger partial charge in [0.25, 0.3) is 0 Å². The number of carbonyl (C=O) groups is 1. The van der Waals surface area contributed by atoms with Crippen molar-refractivity contribution in [3.05, 3.63) is 30.2 Å². The average molecular weight is 570 g/mol. The fraction of sp³-hybridized carbons (Fsp3) is 0.565. The van der Waals surface area contributed by atoms with E-state index in [0.29, 0.717) is 24.8 Å². The summed E-state index contributed by atoms with van der Waals surface area (Å²) in [5, 5.41) is 13.5. The van der Waals surface area contributed by atoms with Crippen LogP contribution >= 0.6 is 24.0 Å². The van der Waals surface area contributed by atoms with Crippen LogP contribution in [0.5, 0.6) is 5.75 Å². The number of nitrogens with one attached hydrogen (secondary N) is 3. The second-order valence-corrected chi connectivity index (χ2v) is 7.80. The van der Waals surface area contributed by atoms with Gasteiger partial charge in [-0.3, -0.25) is 9.79 Å². The van der Waals surface area contributed by atoms with Crippen LogP contribution in [0, 0.1) is 5.92 Å². The second kappa shape index (κ2) is 14.7. The number of unbranched alkanes of at least 4 members (excludes halogenated alkanes) is 2. The van der Waals surface area contributed by atoms with Gasteiger partial charge in [0, 0.05) is 44.1 Å². The Bertz CT molecular complexity index is 867. The molecule has 10 heteroatoms. The fourth-order valence-electron chi connectivity index (χ4n) is 3.17. The molecule has 1 aromatic heterocycles. The Labute approximate surface area is 212 Å². The van der Waals surface area contributed by atoms with Crippen molar-refractivity contribution in [3.63, 3.8) is 0 Å². The van der Waals surface area contributed by atoms with Crippen LogP contribution in [0.1, 0.15) is 44.9 Å². The zero-order chi connectivity index (χ0) is 22.6. The summed E-state index contributed by atoms with van der Waals surface area (Å²) in [6.07, 6.45) is 5.79. The van der Waals surface area contributed by atoms with E-state index in [2.05, 4.69) is 31.1 Å². The lowest BCUT2D eigenvalue weighted by Gasteiger charge is -2.11. The summed E-state index contributed by atoms with van der Waals surface area (Å²) < 4.78 is 10.5. The van der Waals surface area contributed by atoms with E-state index >= 15 is 0 Å². The fourth-order valence-corrected chi connectivity index (χ4v) is 3.17. The molecule has 0 saturated heterocycles. The number of methoxy groups -OCH3 is 1. The number of nitrogens with zero attached hydrogens (tertiary/aromatic N) is 3. The van der Waals surface area contributed by atoms with E-state index < -0.39 is 0 Å². The van der Waals surface area contributed by atoms with Gasteiger partial charge in [-0.15, -0.1) is 24.0 Å². The highest BCUT2D eigenvalue weighted by atomic mass is 127. The van der Waals surface area contributed by atoms with Crippen LogP contribution in [-0.4, -0.2) is 55.3 Å². The van der Waals surface area contributed by atoms with Gasteiger partial charge in [-0.2, -0.15) is 4.98 Å². The first kappa shape index (κ1) is 26.9. The molecule has 1 amide bonds. The molecule has 0 unspecified atom stereocenters. The third kappa shape index (κ3) is 9.56. The van der Waals surface area contributed by atoms with Crippen molar-refractivity contribution in [1.82, 2.24) is 26.1 Å². The number of benzene rings is 1. The molecule has 2 aromatic rings. The zero-order valence-corrected chi connectivity index (χ0v) is 21.8. The van der Waals surface area contributed by atoms with Crippen LogP contribution in [0.2, 0.25) is 0 Å². The second-order valence-electron chi connectivity index (χ2n) is 7.80. The maximum Gasteiger partial charge on any atom is 0.226 e. The normalized spacial score (nSPS) is 13.2. The van der Waals surface area contributed by atoms with E-state index in [4.69, 9.17) is 9.26 Å². The van der Waals surface area contributed by atoms with E-state index in [-0.39, 0.29) is 35.8 Å². The van der Waals surface area contributed by atoms with Crippen molar-refractivity contribution < 1.29 is 14.1 Å². The zero-order valence-electron chi connectivity index (χ0n) is 19.4. The van der Waals surface area contributed by atoms with E-state index in [1.165, 1.54) is 0 Å². The molecule has 0 aliphatic heterocycles. The molecule has 1 heterocycles. The third-order valence-corrected chi connectivity index (χ3v) is 5.14. The molecular formula is C23H35IN6O3. The Morgan fingerprint density at radius 1 is 1.12 bits per heavy atom. The summed E-state index contributed by atoms with van der Waals surface area (Å²) in [5.41, 5.74) is 0.908. The van der Waals surface area contributed by atoms with Crippen molar-refractivity contribution in [2.24, 2.45) is 10.9 Å². The molecule has 3 N–H and O–H groups in total. The number of guanidine groups is 1. The van der Waals surface area contributed by atoms with Gasteiger partial charge in [0.2, 0.25) is 17.6 Å². The summed E-state index contributed by atoms with van der Waals surface area (Å²) in [6, 6.07) is 7.60. The highest BCUT2D eigenvalue weighted by molar-refractivity contribution is 14.0. The Morgan fingerprint density at radius 3 is 2.58 bits per heavy atom. The van der Waals surface area contributed by atoms with Gasteiger partial charge in [0.1, 0.15) is 5.75 Å². The van der Waals surface area contributed by atoms with Crippen LogP contribution in [0.15, 0.2) is 33.8 Å². The number of hydrogen-bond acceptors (Lipinski definition) is 6. The highest BCUT2D eigenvalue weighted by Crippen LogP contribution is 2.28.